The van der Waals surface area contributed by atoms with Gasteiger partial charge in [0.15, 0.2) is 5.11 Å². The first kappa shape index (κ1) is 18.9. The molecule has 3 atom stereocenters. The number of nitrogens with one attached hydrogen (secondary N) is 1. The van der Waals surface area contributed by atoms with Gasteiger partial charge in [0.05, 0.1) is 0 Å². The van der Waals surface area contributed by atoms with Gasteiger partial charge in [-0.15, -0.1) is 0 Å². The summed E-state index contributed by atoms with van der Waals surface area (Å²) in [6.07, 6.45) is 6.94. The first-order valence-electron chi connectivity index (χ1n) is 9.80. The maximum Gasteiger partial charge on any atom is 0.236 e. The first-order valence-corrected chi connectivity index (χ1v) is 11.7. The van der Waals surface area contributed by atoms with Gasteiger partial charge in [0.1, 0.15) is 0 Å². The molecule has 1 N–H and O–H groups in total. The fourth-order valence-electron chi connectivity index (χ4n) is 4.63. The lowest BCUT2D eigenvalue weighted by atomic mass is 9.95. The summed E-state index contributed by atoms with van der Waals surface area (Å²) in [6.45, 7) is 2.23. The lowest BCUT2D eigenvalue weighted by molar-refractivity contribution is 0.260. The van der Waals surface area contributed by atoms with Crippen LogP contribution >= 0.6 is 12.2 Å². The van der Waals surface area contributed by atoms with Crippen LogP contribution in [-0.2, 0) is 10.0 Å². The molecule has 2 bridgehead atoms. The Morgan fingerprint density at radius 2 is 1.81 bits per heavy atom. The summed E-state index contributed by atoms with van der Waals surface area (Å²) in [6, 6.07) is 10.0. The molecule has 1 aliphatic heterocycles. The number of piperazine rings is 1. The maximum atomic E-state index is 12.6. The van der Waals surface area contributed by atoms with Crippen molar-refractivity contribution >= 4 is 33.4 Å². The minimum Gasteiger partial charge on any atom is -0.360 e. The number of hydrogen-bond donors (Lipinski definition) is 1. The minimum atomic E-state index is -3.40. The second-order valence-electron chi connectivity index (χ2n) is 7.88. The number of thiocarbonyl (C=S) groups is 1. The molecule has 0 spiro atoms. The fourth-order valence-corrected chi connectivity index (χ4v) is 6.14. The Hall–Kier alpha value is -1.44. The lowest BCUT2D eigenvalue weighted by Crippen LogP contribution is -2.54. The van der Waals surface area contributed by atoms with E-state index in [1.807, 2.05) is 30.3 Å². The monoisotopic (exact) mass is 405 g/mol. The molecular weight excluding hydrogens is 378 g/mol. The molecule has 2 saturated carbocycles. The van der Waals surface area contributed by atoms with Crippen molar-refractivity contribution in [1.29, 1.82) is 0 Å². The number of fused-ring (bicyclic) bond motifs is 2. The normalized spacial score (nSPS) is 28.7. The Balaban J connectivity index is 1.29. The molecule has 1 aromatic carbocycles. The highest BCUT2D eigenvalue weighted by molar-refractivity contribution is 7.92. The summed E-state index contributed by atoms with van der Waals surface area (Å²) in [5.74, 6) is 1.66. The minimum absolute atomic E-state index is 0.472. The Labute approximate surface area is 167 Å². The zero-order valence-electron chi connectivity index (χ0n) is 15.5. The third-order valence-corrected chi connectivity index (χ3v) is 8.11. The number of hydrogen-bond acceptors (Lipinski definition) is 3. The molecule has 146 valence electrons. The fraction of sp³-hybridized carbons (Fsp3) is 0.550. The maximum absolute atomic E-state index is 12.6. The predicted molar refractivity (Wildman–Crippen MR) is 113 cm³/mol. The summed E-state index contributed by atoms with van der Waals surface area (Å²) >= 11 is 5.61. The zero-order chi connectivity index (χ0) is 18.9. The molecule has 3 unspecified atom stereocenters. The Kier molecular flexibility index (Phi) is 5.53. The first-order chi connectivity index (χ1) is 13.0. The van der Waals surface area contributed by atoms with E-state index < -0.39 is 10.0 Å². The Bertz CT molecular complexity index is 802. The standard InChI is InChI=1S/C20H27N3O2S2/c24-27(25,13-8-16-4-2-1-3-5-16)23-11-9-22(10-12-23)20(26)21-19-15-17-6-7-18(19)14-17/h1-5,8,13,17-19H,6-7,9-12,14-15H2,(H,21,26)/b13-8+. The molecule has 7 heteroatoms. The SMILES string of the molecule is O=S(=O)(/C=C/c1ccccc1)N1CCN(C(=S)NC2CC3CCC2C3)CC1. The van der Waals surface area contributed by atoms with E-state index in [0.29, 0.717) is 32.2 Å². The second-order valence-corrected chi connectivity index (χ2v) is 10.1. The molecule has 3 aliphatic rings. The summed E-state index contributed by atoms with van der Waals surface area (Å²) in [4.78, 5) is 2.12. The molecular formula is C20H27N3O2S2. The van der Waals surface area contributed by atoms with Gasteiger partial charge in [-0.25, -0.2) is 8.42 Å². The van der Waals surface area contributed by atoms with E-state index in [4.69, 9.17) is 12.2 Å². The van der Waals surface area contributed by atoms with Gasteiger partial charge in [-0.3, -0.25) is 0 Å². The Morgan fingerprint density at radius 3 is 2.44 bits per heavy atom. The summed E-state index contributed by atoms with van der Waals surface area (Å²) in [5.41, 5.74) is 0.885. The number of sulfonamides is 1. The lowest BCUT2D eigenvalue weighted by Gasteiger charge is -2.36. The van der Waals surface area contributed by atoms with Crippen molar-refractivity contribution in [2.75, 3.05) is 26.2 Å². The van der Waals surface area contributed by atoms with E-state index in [2.05, 4.69) is 10.2 Å². The second kappa shape index (κ2) is 7.89. The van der Waals surface area contributed by atoms with E-state index in [1.165, 1.54) is 31.1 Å². The molecule has 2 aliphatic carbocycles. The van der Waals surface area contributed by atoms with Crippen molar-refractivity contribution in [3.05, 3.63) is 41.3 Å². The molecule has 0 amide bonds. The molecule has 1 heterocycles. The highest BCUT2D eigenvalue weighted by atomic mass is 32.2. The van der Waals surface area contributed by atoms with Gasteiger partial charge in [0.25, 0.3) is 0 Å². The van der Waals surface area contributed by atoms with Crippen LogP contribution in [0.15, 0.2) is 35.7 Å². The van der Waals surface area contributed by atoms with Gasteiger partial charge in [0, 0.05) is 37.6 Å². The molecule has 3 fully saturated rings. The summed E-state index contributed by atoms with van der Waals surface area (Å²) in [5, 5.41) is 5.66. The van der Waals surface area contributed by atoms with Crippen LogP contribution in [0.2, 0.25) is 0 Å². The number of benzene rings is 1. The van der Waals surface area contributed by atoms with Crippen molar-refractivity contribution in [1.82, 2.24) is 14.5 Å². The highest BCUT2D eigenvalue weighted by Crippen LogP contribution is 2.44. The smallest absolute Gasteiger partial charge is 0.236 e. The number of nitrogens with zero attached hydrogens (tertiary/aromatic N) is 2. The van der Waals surface area contributed by atoms with Crippen LogP contribution < -0.4 is 5.32 Å². The van der Waals surface area contributed by atoms with Gasteiger partial charge in [-0.2, -0.15) is 4.31 Å². The van der Waals surface area contributed by atoms with Crippen LogP contribution in [0.5, 0.6) is 0 Å². The molecule has 0 radical (unpaired) electrons. The van der Waals surface area contributed by atoms with Crippen molar-refractivity contribution < 1.29 is 8.42 Å². The summed E-state index contributed by atoms with van der Waals surface area (Å²) in [7, 11) is -3.40. The molecule has 0 aromatic heterocycles. The molecule has 27 heavy (non-hydrogen) atoms. The van der Waals surface area contributed by atoms with Gasteiger partial charge in [-0.1, -0.05) is 36.8 Å². The van der Waals surface area contributed by atoms with Gasteiger partial charge in [0.2, 0.25) is 10.0 Å². The van der Waals surface area contributed by atoms with Crippen LogP contribution in [0, 0.1) is 11.8 Å². The quantitative estimate of drug-likeness (QED) is 0.781. The van der Waals surface area contributed by atoms with Crippen LogP contribution in [0.4, 0.5) is 0 Å². The summed E-state index contributed by atoms with van der Waals surface area (Å²) < 4.78 is 26.7. The molecule has 1 aromatic rings. The average Bonchev–Trinajstić information content (AvgIpc) is 3.30. The van der Waals surface area contributed by atoms with Crippen LogP contribution in [0.25, 0.3) is 6.08 Å². The van der Waals surface area contributed by atoms with E-state index in [0.717, 1.165) is 22.5 Å². The van der Waals surface area contributed by atoms with E-state index >= 15 is 0 Å². The molecule has 4 rings (SSSR count). The van der Waals surface area contributed by atoms with Gasteiger partial charge < -0.3 is 10.2 Å². The predicted octanol–water partition coefficient (Wildman–Crippen LogP) is 2.67. The third kappa shape index (κ3) is 4.36. The van der Waals surface area contributed by atoms with E-state index in [1.54, 1.807) is 10.4 Å². The van der Waals surface area contributed by atoms with E-state index in [9.17, 15) is 8.42 Å². The van der Waals surface area contributed by atoms with Crippen LogP contribution in [0.3, 0.4) is 0 Å². The topological polar surface area (TPSA) is 52.7 Å². The molecule has 1 saturated heterocycles. The highest BCUT2D eigenvalue weighted by Gasteiger charge is 2.40. The van der Waals surface area contributed by atoms with Gasteiger partial charge in [-0.05, 0) is 55.0 Å². The average molecular weight is 406 g/mol. The third-order valence-electron chi connectivity index (χ3n) is 6.16. The van der Waals surface area contributed by atoms with E-state index in [-0.39, 0.29) is 0 Å². The van der Waals surface area contributed by atoms with Crippen molar-refractivity contribution in [3.8, 4) is 0 Å². The van der Waals surface area contributed by atoms with Crippen molar-refractivity contribution in [3.63, 3.8) is 0 Å². The number of rotatable bonds is 4. The van der Waals surface area contributed by atoms with Crippen LogP contribution in [-0.4, -0.2) is 55.0 Å². The largest absolute Gasteiger partial charge is 0.360 e. The Morgan fingerprint density at radius 1 is 1.07 bits per heavy atom. The van der Waals surface area contributed by atoms with Crippen LogP contribution in [0.1, 0.15) is 31.2 Å². The zero-order valence-corrected chi connectivity index (χ0v) is 17.1. The van der Waals surface area contributed by atoms with Crippen molar-refractivity contribution in [2.45, 2.75) is 31.7 Å². The van der Waals surface area contributed by atoms with Crippen molar-refractivity contribution in [2.24, 2.45) is 11.8 Å². The molecule has 5 nitrogen and oxygen atoms in total. The van der Waals surface area contributed by atoms with Gasteiger partial charge >= 0.3 is 0 Å².